The molecule has 0 saturated heterocycles. The van der Waals surface area contributed by atoms with Gasteiger partial charge in [0.25, 0.3) is 0 Å². The number of benzene rings is 1. The molecular formula is C13H18O4. The van der Waals surface area contributed by atoms with Crippen molar-refractivity contribution in [2.45, 2.75) is 31.8 Å². The Morgan fingerprint density at radius 3 is 2.59 bits per heavy atom. The summed E-state index contributed by atoms with van der Waals surface area (Å²) in [5.74, 6) is -0.858. The maximum Gasteiger partial charge on any atom is 0.304 e. The van der Waals surface area contributed by atoms with E-state index in [-0.39, 0.29) is 13.0 Å². The first kappa shape index (κ1) is 13.7. The Morgan fingerprint density at radius 1 is 1.41 bits per heavy atom. The number of rotatable bonds is 5. The molecule has 0 amide bonds. The van der Waals surface area contributed by atoms with Gasteiger partial charge in [0.15, 0.2) is 0 Å². The van der Waals surface area contributed by atoms with Gasteiger partial charge < -0.3 is 15.3 Å². The van der Waals surface area contributed by atoms with Crippen LogP contribution in [0.2, 0.25) is 0 Å². The van der Waals surface area contributed by atoms with Gasteiger partial charge in [-0.1, -0.05) is 38.1 Å². The van der Waals surface area contributed by atoms with Gasteiger partial charge in [0.1, 0.15) is 6.10 Å². The van der Waals surface area contributed by atoms with Crippen LogP contribution in [0.1, 0.15) is 37.5 Å². The molecule has 4 nitrogen and oxygen atoms in total. The second-order valence-corrected chi connectivity index (χ2v) is 4.78. The molecule has 3 N–H and O–H groups in total. The molecule has 1 atom stereocenters. The summed E-state index contributed by atoms with van der Waals surface area (Å²) in [7, 11) is 0. The first-order chi connectivity index (χ1) is 7.86. The second kappa shape index (κ2) is 5.29. The van der Waals surface area contributed by atoms with E-state index in [2.05, 4.69) is 0 Å². The van der Waals surface area contributed by atoms with Crippen LogP contribution in [-0.2, 0) is 10.2 Å². The molecular weight excluding hydrogens is 220 g/mol. The summed E-state index contributed by atoms with van der Waals surface area (Å²) in [6, 6.07) is 7.04. The summed E-state index contributed by atoms with van der Waals surface area (Å²) in [5, 5.41) is 27.3. The van der Waals surface area contributed by atoms with Gasteiger partial charge in [-0.25, -0.2) is 0 Å². The van der Waals surface area contributed by atoms with Crippen LogP contribution in [0.15, 0.2) is 24.3 Å². The summed E-state index contributed by atoms with van der Waals surface area (Å²) >= 11 is 0. The number of hydrogen-bond donors (Lipinski definition) is 3. The molecule has 1 rings (SSSR count). The smallest absolute Gasteiger partial charge is 0.304 e. The quantitative estimate of drug-likeness (QED) is 0.725. The molecule has 1 unspecified atom stereocenters. The first-order valence-corrected chi connectivity index (χ1v) is 5.48. The van der Waals surface area contributed by atoms with E-state index in [4.69, 9.17) is 10.2 Å². The fraction of sp³-hybridized carbons (Fsp3) is 0.462. The highest BCUT2D eigenvalue weighted by Gasteiger charge is 2.24. The van der Waals surface area contributed by atoms with Crippen LogP contribution in [0.4, 0.5) is 0 Å². The van der Waals surface area contributed by atoms with Crippen LogP contribution >= 0.6 is 0 Å². The molecule has 4 heteroatoms. The number of aliphatic carboxylic acids is 1. The van der Waals surface area contributed by atoms with Crippen LogP contribution < -0.4 is 0 Å². The zero-order chi connectivity index (χ0) is 13.1. The van der Waals surface area contributed by atoms with Crippen molar-refractivity contribution >= 4 is 5.97 Å². The molecule has 0 aliphatic carbocycles. The number of carbonyl (C=O) groups is 1. The second-order valence-electron chi connectivity index (χ2n) is 4.78. The minimum atomic E-state index is -0.921. The van der Waals surface area contributed by atoms with Crippen LogP contribution in [-0.4, -0.2) is 27.9 Å². The van der Waals surface area contributed by atoms with Gasteiger partial charge in [-0.05, 0) is 11.1 Å². The summed E-state index contributed by atoms with van der Waals surface area (Å²) in [5.41, 5.74) is 0.935. The number of aliphatic hydroxyl groups is 2. The molecule has 0 aliphatic rings. The van der Waals surface area contributed by atoms with Crippen molar-refractivity contribution in [1.29, 1.82) is 0 Å². The SMILES string of the molecule is CC(C)(CC(=O)O)c1cccc(C(O)CO)c1. The largest absolute Gasteiger partial charge is 0.481 e. The minimum Gasteiger partial charge on any atom is -0.481 e. The first-order valence-electron chi connectivity index (χ1n) is 5.48. The zero-order valence-electron chi connectivity index (χ0n) is 10.1. The molecule has 1 aromatic carbocycles. The van der Waals surface area contributed by atoms with Crippen molar-refractivity contribution in [3.8, 4) is 0 Å². The average molecular weight is 238 g/mol. The Morgan fingerprint density at radius 2 is 2.06 bits per heavy atom. The van der Waals surface area contributed by atoms with Gasteiger partial charge in [0.2, 0.25) is 0 Å². The maximum absolute atomic E-state index is 10.8. The summed E-state index contributed by atoms with van der Waals surface area (Å²) in [6.07, 6.45) is -0.901. The van der Waals surface area contributed by atoms with Crippen molar-refractivity contribution in [3.05, 3.63) is 35.4 Å². The standard InChI is InChI=1S/C13H18O4/c1-13(2,7-12(16)17)10-5-3-4-9(6-10)11(15)8-14/h3-6,11,14-15H,7-8H2,1-2H3,(H,16,17). The Bertz CT molecular complexity index is 398. The van der Waals surface area contributed by atoms with Gasteiger partial charge in [0.05, 0.1) is 13.0 Å². The molecule has 0 saturated carbocycles. The van der Waals surface area contributed by atoms with E-state index in [1.54, 1.807) is 18.2 Å². The molecule has 0 aliphatic heterocycles. The summed E-state index contributed by atoms with van der Waals surface area (Å²) < 4.78 is 0. The van der Waals surface area contributed by atoms with E-state index in [1.165, 1.54) is 0 Å². The Labute approximate surface area is 101 Å². The zero-order valence-corrected chi connectivity index (χ0v) is 10.1. The summed E-state index contributed by atoms with van der Waals surface area (Å²) in [4.78, 5) is 10.8. The lowest BCUT2D eigenvalue weighted by Gasteiger charge is -2.24. The van der Waals surface area contributed by atoms with Gasteiger partial charge in [-0.3, -0.25) is 4.79 Å². The van der Waals surface area contributed by atoms with Gasteiger partial charge in [-0.15, -0.1) is 0 Å². The molecule has 0 radical (unpaired) electrons. The predicted molar refractivity (Wildman–Crippen MR) is 63.8 cm³/mol. The molecule has 0 aromatic heterocycles. The highest BCUT2D eigenvalue weighted by atomic mass is 16.4. The van der Waals surface area contributed by atoms with Crippen molar-refractivity contribution in [3.63, 3.8) is 0 Å². The molecule has 1 aromatic rings. The van der Waals surface area contributed by atoms with E-state index in [0.717, 1.165) is 5.56 Å². The highest BCUT2D eigenvalue weighted by molar-refractivity contribution is 5.68. The molecule has 0 fully saturated rings. The van der Waals surface area contributed by atoms with Gasteiger partial charge in [0, 0.05) is 5.41 Å². The maximum atomic E-state index is 10.8. The lowest BCUT2D eigenvalue weighted by atomic mass is 9.81. The van der Waals surface area contributed by atoms with Crippen LogP contribution in [0, 0.1) is 0 Å². The van der Waals surface area contributed by atoms with Crippen LogP contribution in [0.5, 0.6) is 0 Å². The van der Waals surface area contributed by atoms with Crippen molar-refractivity contribution in [2.75, 3.05) is 6.61 Å². The van der Waals surface area contributed by atoms with E-state index < -0.39 is 17.5 Å². The third-order valence-electron chi connectivity index (χ3n) is 2.82. The van der Waals surface area contributed by atoms with Crippen LogP contribution in [0.25, 0.3) is 0 Å². The molecule has 0 heterocycles. The molecule has 17 heavy (non-hydrogen) atoms. The third kappa shape index (κ3) is 3.54. The van der Waals surface area contributed by atoms with Gasteiger partial charge >= 0.3 is 5.97 Å². The van der Waals surface area contributed by atoms with Crippen molar-refractivity contribution in [1.82, 2.24) is 0 Å². The Balaban J connectivity index is 3.02. The number of carboxylic acids is 1. The molecule has 0 spiro atoms. The van der Waals surface area contributed by atoms with E-state index in [1.807, 2.05) is 19.9 Å². The van der Waals surface area contributed by atoms with Crippen molar-refractivity contribution in [2.24, 2.45) is 0 Å². The fourth-order valence-corrected chi connectivity index (χ4v) is 1.75. The van der Waals surface area contributed by atoms with E-state index >= 15 is 0 Å². The lowest BCUT2D eigenvalue weighted by molar-refractivity contribution is -0.138. The number of aliphatic hydroxyl groups excluding tert-OH is 2. The van der Waals surface area contributed by atoms with E-state index in [0.29, 0.717) is 5.56 Å². The van der Waals surface area contributed by atoms with E-state index in [9.17, 15) is 9.90 Å². The van der Waals surface area contributed by atoms with Crippen molar-refractivity contribution < 1.29 is 20.1 Å². The lowest BCUT2D eigenvalue weighted by Crippen LogP contribution is -2.22. The Hall–Kier alpha value is -1.39. The molecule has 94 valence electrons. The average Bonchev–Trinajstić information content (AvgIpc) is 2.26. The third-order valence-corrected chi connectivity index (χ3v) is 2.82. The topological polar surface area (TPSA) is 77.8 Å². The predicted octanol–water partition coefficient (Wildman–Crippen LogP) is 1.46. The van der Waals surface area contributed by atoms with Crippen LogP contribution in [0.3, 0.4) is 0 Å². The summed E-state index contributed by atoms with van der Waals surface area (Å²) in [6.45, 7) is 3.33. The molecule has 0 bridgehead atoms. The monoisotopic (exact) mass is 238 g/mol. The highest BCUT2D eigenvalue weighted by Crippen LogP contribution is 2.28. The Kier molecular flexibility index (Phi) is 4.26. The van der Waals surface area contributed by atoms with Gasteiger partial charge in [-0.2, -0.15) is 0 Å². The normalized spacial score (nSPS) is 13.4. The number of hydrogen-bond acceptors (Lipinski definition) is 3. The fourth-order valence-electron chi connectivity index (χ4n) is 1.75. The minimum absolute atomic E-state index is 0.0195. The number of carboxylic acid groups (broad SMARTS) is 1.